The van der Waals surface area contributed by atoms with Crippen molar-refractivity contribution in [3.8, 4) is 0 Å². The quantitative estimate of drug-likeness (QED) is 0.561. The predicted octanol–water partition coefficient (Wildman–Crippen LogP) is 0.0689. The number of nitrogen functional groups attached to an aromatic ring is 1. The van der Waals surface area contributed by atoms with Gasteiger partial charge in [0.2, 0.25) is 10.0 Å². The minimum Gasteiger partial charge on any atom is -0.396 e. The summed E-state index contributed by atoms with van der Waals surface area (Å²) in [4.78, 5) is -0.0680. The first-order valence-corrected chi connectivity index (χ1v) is 7.28. The molecular formula is C10H20N4O3S. The Labute approximate surface area is 107 Å². The van der Waals surface area contributed by atoms with Gasteiger partial charge in [-0.3, -0.25) is 5.10 Å². The Hall–Kier alpha value is -1.12. The number of nitrogens with one attached hydrogen (secondary N) is 2. The second-order valence-corrected chi connectivity index (χ2v) is 6.07. The van der Waals surface area contributed by atoms with Crippen molar-refractivity contribution < 1.29 is 13.5 Å². The van der Waals surface area contributed by atoms with Gasteiger partial charge >= 0.3 is 0 Å². The van der Waals surface area contributed by atoms with Gasteiger partial charge in [0, 0.05) is 18.6 Å². The van der Waals surface area contributed by atoms with E-state index < -0.39 is 15.4 Å². The zero-order valence-corrected chi connectivity index (χ0v) is 11.4. The van der Waals surface area contributed by atoms with E-state index in [9.17, 15) is 13.5 Å². The van der Waals surface area contributed by atoms with Crippen LogP contribution in [0.3, 0.4) is 0 Å². The first kappa shape index (κ1) is 14.9. The zero-order valence-electron chi connectivity index (χ0n) is 10.6. The standard InChI is InChI=1S/C10H20N4O3S/c1-3-10(4-2,7-15)6-13-18(16,17)8-5-12-14-9(8)11/h5,13,15H,3-4,6-7H2,1-2H3,(H3,11,12,14). The number of anilines is 1. The summed E-state index contributed by atoms with van der Waals surface area (Å²) in [6.07, 6.45) is 2.53. The van der Waals surface area contributed by atoms with Crippen LogP contribution in [0.4, 0.5) is 5.82 Å². The molecule has 8 heteroatoms. The minimum atomic E-state index is -3.69. The van der Waals surface area contributed by atoms with E-state index >= 15 is 0 Å². The third kappa shape index (κ3) is 3.01. The summed E-state index contributed by atoms with van der Waals surface area (Å²) in [7, 11) is -3.69. The monoisotopic (exact) mass is 276 g/mol. The number of nitrogens with two attached hydrogens (primary N) is 1. The lowest BCUT2D eigenvalue weighted by molar-refractivity contribution is 0.119. The second kappa shape index (κ2) is 5.68. The molecule has 0 atom stereocenters. The fourth-order valence-electron chi connectivity index (χ4n) is 1.60. The maximum absolute atomic E-state index is 12.0. The van der Waals surface area contributed by atoms with E-state index in [1.54, 1.807) is 0 Å². The highest BCUT2D eigenvalue weighted by molar-refractivity contribution is 7.89. The smallest absolute Gasteiger partial charge is 0.245 e. The van der Waals surface area contributed by atoms with Crippen LogP contribution in [0.2, 0.25) is 0 Å². The van der Waals surface area contributed by atoms with E-state index in [4.69, 9.17) is 5.73 Å². The SMILES string of the molecule is CCC(CC)(CO)CNS(=O)(=O)c1cn[nH]c1N. The molecule has 1 heterocycles. The molecule has 0 saturated carbocycles. The lowest BCUT2D eigenvalue weighted by atomic mass is 9.84. The second-order valence-electron chi connectivity index (χ2n) is 4.34. The van der Waals surface area contributed by atoms with Gasteiger partial charge in [0.25, 0.3) is 0 Å². The Morgan fingerprint density at radius 2 is 2.11 bits per heavy atom. The number of sulfonamides is 1. The van der Waals surface area contributed by atoms with Gasteiger partial charge < -0.3 is 10.8 Å². The molecule has 1 aromatic rings. The summed E-state index contributed by atoms with van der Waals surface area (Å²) in [6.45, 7) is 3.94. The number of aromatic amines is 1. The van der Waals surface area contributed by atoms with E-state index in [-0.39, 0.29) is 23.9 Å². The Morgan fingerprint density at radius 3 is 2.50 bits per heavy atom. The summed E-state index contributed by atoms with van der Waals surface area (Å²) in [5.41, 5.74) is 5.04. The van der Waals surface area contributed by atoms with Crippen LogP contribution in [-0.2, 0) is 10.0 Å². The minimum absolute atomic E-state index is 0.00472. The van der Waals surface area contributed by atoms with Crippen molar-refractivity contribution in [1.29, 1.82) is 0 Å². The van der Waals surface area contributed by atoms with E-state index in [0.717, 1.165) is 6.20 Å². The van der Waals surface area contributed by atoms with Gasteiger partial charge in [-0.25, -0.2) is 13.1 Å². The number of H-pyrrole nitrogens is 1. The number of hydrogen-bond acceptors (Lipinski definition) is 5. The molecule has 0 aromatic carbocycles. The first-order chi connectivity index (χ1) is 8.40. The van der Waals surface area contributed by atoms with E-state index in [0.29, 0.717) is 12.8 Å². The lowest BCUT2D eigenvalue weighted by Gasteiger charge is -2.29. The van der Waals surface area contributed by atoms with E-state index in [2.05, 4.69) is 14.9 Å². The fraction of sp³-hybridized carbons (Fsp3) is 0.700. The number of aliphatic hydroxyl groups is 1. The van der Waals surface area contributed by atoms with Crippen molar-refractivity contribution in [2.24, 2.45) is 5.41 Å². The lowest BCUT2D eigenvalue weighted by Crippen LogP contribution is -2.39. The number of hydrogen-bond donors (Lipinski definition) is 4. The van der Waals surface area contributed by atoms with Crippen molar-refractivity contribution in [3.63, 3.8) is 0 Å². The molecule has 7 nitrogen and oxygen atoms in total. The van der Waals surface area contributed by atoms with Crippen molar-refractivity contribution in [2.75, 3.05) is 18.9 Å². The van der Waals surface area contributed by atoms with Gasteiger partial charge in [-0.1, -0.05) is 13.8 Å². The number of nitrogens with zero attached hydrogens (tertiary/aromatic N) is 1. The first-order valence-electron chi connectivity index (χ1n) is 5.80. The van der Waals surface area contributed by atoms with Gasteiger partial charge in [-0.2, -0.15) is 5.10 Å². The van der Waals surface area contributed by atoms with Crippen LogP contribution in [0.1, 0.15) is 26.7 Å². The molecule has 0 aliphatic heterocycles. The maximum atomic E-state index is 12.0. The average Bonchev–Trinajstić information content (AvgIpc) is 2.79. The largest absolute Gasteiger partial charge is 0.396 e. The molecule has 0 radical (unpaired) electrons. The highest BCUT2D eigenvalue weighted by Gasteiger charge is 2.28. The number of aliphatic hydroxyl groups excluding tert-OH is 1. The average molecular weight is 276 g/mol. The molecule has 0 saturated heterocycles. The molecule has 0 aliphatic carbocycles. The summed E-state index contributed by atoms with van der Waals surface area (Å²) < 4.78 is 26.4. The molecule has 1 aromatic heterocycles. The predicted molar refractivity (Wildman–Crippen MR) is 68.3 cm³/mol. The Bertz CT molecular complexity index is 471. The van der Waals surface area contributed by atoms with Crippen LogP contribution in [0.15, 0.2) is 11.1 Å². The van der Waals surface area contributed by atoms with Gasteiger partial charge in [0.05, 0.1) is 6.20 Å². The Morgan fingerprint density at radius 1 is 1.50 bits per heavy atom. The van der Waals surface area contributed by atoms with Gasteiger partial charge in [-0.05, 0) is 12.8 Å². The van der Waals surface area contributed by atoms with E-state index in [1.165, 1.54) is 0 Å². The zero-order chi connectivity index (χ0) is 13.8. The summed E-state index contributed by atoms with van der Waals surface area (Å²) >= 11 is 0. The molecule has 0 bridgehead atoms. The van der Waals surface area contributed by atoms with Crippen molar-refractivity contribution in [3.05, 3.63) is 6.20 Å². The van der Waals surface area contributed by atoms with Crippen LogP contribution in [-0.4, -0.2) is 36.9 Å². The molecular weight excluding hydrogens is 256 g/mol. The molecule has 0 unspecified atom stereocenters. The topological polar surface area (TPSA) is 121 Å². The molecule has 0 spiro atoms. The summed E-state index contributed by atoms with van der Waals surface area (Å²) in [6, 6.07) is 0. The van der Waals surface area contributed by atoms with Crippen LogP contribution >= 0.6 is 0 Å². The third-order valence-corrected chi connectivity index (χ3v) is 4.82. The summed E-state index contributed by atoms with van der Waals surface area (Å²) in [5, 5.41) is 15.3. The van der Waals surface area contributed by atoms with Crippen LogP contribution in [0.25, 0.3) is 0 Å². The molecule has 5 N–H and O–H groups in total. The Kier molecular flexibility index (Phi) is 4.71. The third-order valence-electron chi connectivity index (χ3n) is 3.39. The molecule has 0 fully saturated rings. The van der Waals surface area contributed by atoms with Crippen LogP contribution in [0, 0.1) is 5.41 Å². The molecule has 104 valence electrons. The van der Waals surface area contributed by atoms with Gasteiger partial charge in [0.1, 0.15) is 10.7 Å². The van der Waals surface area contributed by atoms with Gasteiger partial charge in [-0.15, -0.1) is 0 Å². The van der Waals surface area contributed by atoms with Crippen molar-refractivity contribution in [2.45, 2.75) is 31.6 Å². The molecule has 18 heavy (non-hydrogen) atoms. The van der Waals surface area contributed by atoms with Gasteiger partial charge in [0.15, 0.2) is 0 Å². The molecule has 0 amide bonds. The maximum Gasteiger partial charge on any atom is 0.245 e. The van der Waals surface area contributed by atoms with E-state index in [1.807, 2.05) is 13.8 Å². The normalized spacial score (nSPS) is 12.8. The van der Waals surface area contributed by atoms with Crippen molar-refractivity contribution >= 4 is 15.8 Å². The fourth-order valence-corrected chi connectivity index (χ4v) is 2.78. The van der Waals surface area contributed by atoms with Crippen LogP contribution < -0.4 is 10.5 Å². The van der Waals surface area contributed by atoms with Crippen molar-refractivity contribution in [1.82, 2.24) is 14.9 Å². The number of aromatic nitrogens is 2. The molecule has 0 aliphatic rings. The van der Waals surface area contributed by atoms with Crippen LogP contribution in [0.5, 0.6) is 0 Å². The highest BCUT2D eigenvalue weighted by Crippen LogP contribution is 2.25. The Balaban J connectivity index is 2.83. The highest BCUT2D eigenvalue weighted by atomic mass is 32.2. The molecule has 1 rings (SSSR count). The number of rotatable bonds is 7. The summed E-state index contributed by atoms with van der Waals surface area (Å²) in [5.74, 6) is 0.00472.